The Kier molecular flexibility index (Phi) is 15.0. The molecule has 2 amide bonds. The van der Waals surface area contributed by atoms with Gasteiger partial charge in [0.1, 0.15) is 11.5 Å². The third-order valence-corrected chi connectivity index (χ3v) is 11.4. The number of amides is 2. The number of benzene rings is 3. The van der Waals surface area contributed by atoms with Crippen LogP contribution in [0.2, 0.25) is 0 Å². The van der Waals surface area contributed by atoms with Crippen LogP contribution in [0.3, 0.4) is 0 Å². The number of fused-ring (bicyclic) bond motifs is 2. The summed E-state index contributed by atoms with van der Waals surface area (Å²) in [7, 11) is 0.434. The van der Waals surface area contributed by atoms with Gasteiger partial charge in [-0.2, -0.15) is 13.0 Å². The zero-order chi connectivity index (χ0) is 42.0. The van der Waals surface area contributed by atoms with E-state index < -0.39 is 39.6 Å². The van der Waals surface area contributed by atoms with Crippen LogP contribution in [-0.2, 0) is 31.1 Å². The number of hydrogen-bond donors (Lipinski definition) is 1. The third-order valence-electron chi connectivity index (χ3n) is 10.6. The first-order valence-electron chi connectivity index (χ1n) is 20.3. The third kappa shape index (κ3) is 11.6. The molecular weight excluding hydrogens is 763 g/mol. The monoisotopic (exact) mass is 819 g/mol. The number of hydrogen-bond acceptors (Lipinski definition) is 9. The highest BCUT2D eigenvalue weighted by Crippen LogP contribution is 2.32. The highest BCUT2D eigenvalue weighted by Gasteiger charge is 2.34. The van der Waals surface area contributed by atoms with E-state index in [1.165, 1.54) is 57.3 Å². The van der Waals surface area contributed by atoms with E-state index in [-0.39, 0.29) is 42.7 Å². The zero-order valence-corrected chi connectivity index (χ0v) is 35.2. The van der Waals surface area contributed by atoms with Crippen LogP contribution < -0.4 is 14.0 Å². The maximum Gasteiger partial charge on any atom is 0.363 e. The average molecular weight is 820 g/mol. The first-order chi connectivity index (χ1) is 27.6. The van der Waals surface area contributed by atoms with Crippen LogP contribution in [0.4, 0.5) is 0 Å². The number of pyridine rings is 1. The van der Waals surface area contributed by atoms with Crippen molar-refractivity contribution in [3.05, 3.63) is 76.9 Å². The predicted molar refractivity (Wildman–Crippen MR) is 220 cm³/mol. The minimum atomic E-state index is -4.19. The molecule has 1 saturated heterocycles. The SMILES string of the molecule is CCCC[N+](C)(C)CCCCCCCCOc1ccc2c(c1)c(C(=O)Oc1c(C)cc(C(=O)ON3C(=O)CCC3=O)cc1C)c1ccccc1[n+]2CCCS(=O)(=O)O. The summed E-state index contributed by atoms with van der Waals surface area (Å²) in [5, 5.41) is 1.58. The van der Waals surface area contributed by atoms with E-state index in [2.05, 4.69) is 21.0 Å². The Balaban J connectivity index is 1.36. The number of aromatic nitrogens is 1. The molecule has 0 saturated carbocycles. The number of ether oxygens (including phenoxy) is 2. The van der Waals surface area contributed by atoms with Crippen LogP contribution in [-0.4, -0.2) is 85.8 Å². The summed E-state index contributed by atoms with van der Waals surface area (Å²) in [4.78, 5) is 56.4. The fraction of sp³-hybridized carbons (Fsp3) is 0.477. The molecule has 0 aliphatic carbocycles. The minimum absolute atomic E-state index is 0.0298. The lowest BCUT2D eigenvalue weighted by atomic mass is 10.0. The highest BCUT2D eigenvalue weighted by molar-refractivity contribution is 7.85. The van der Waals surface area contributed by atoms with E-state index in [1.807, 2.05) is 28.8 Å². The lowest BCUT2D eigenvalue weighted by Crippen LogP contribution is -2.41. The average Bonchev–Trinajstić information content (AvgIpc) is 3.49. The molecule has 58 heavy (non-hydrogen) atoms. The van der Waals surface area contributed by atoms with E-state index >= 15 is 0 Å². The predicted octanol–water partition coefficient (Wildman–Crippen LogP) is 7.21. The van der Waals surface area contributed by atoms with E-state index in [1.54, 1.807) is 32.0 Å². The van der Waals surface area contributed by atoms with Crippen molar-refractivity contribution in [1.82, 2.24) is 5.06 Å². The summed E-state index contributed by atoms with van der Waals surface area (Å²) in [6, 6.07) is 15.7. The molecule has 1 N–H and O–H groups in total. The van der Waals surface area contributed by atoms with Gasteiger partial charge in [0.2, 0.25) is 11.0 Å². The number of rotatable bonds is 21. The fourth-order valence-corrected chi connectivity index (χ4v) is 8.00. The second-order valence-corrected chi connectivity index (χ2v) is 17.4. The molecule has 3 aromatic carbocycles. The number of quaternary nitrogens is 1. The summed E-state index contributed by atoms with van der Waals surface area (Å²) < 4.78 is 48.0. The Labute approximate surface area is 341 Å². The minimum Gasteiger partial charge on any atom is -0.494 e. The molecule has 312 valence electrons. The Morgan fingerprint density at radius 3 is 2.09 bits per heavy atom. The normalized spacial score (nSPS) is 13.4. The molecule has 0 unspecified atom stereocenters. The molecule has 1 aromatic heterocycles. The van der Waals surface area contributed by atoms with E-state index in [4.69, 9.17) is 14.3 Å². The topological polar surface area (TPSA) is 157 Å². The van der Waals surface area contributed by atoms with Gasteiger partial charge in [-0.15, -0.1) is 5.06 Å². The number of para-hydroxylation sites is 1. The van der Waals surface area contributed by atoms with Crippen LogP contribution in [0.5, 0.6) is 11.5 Å². The van der Waals surface area contributed by atoms with Crippen LogP contribution in [0.25, 0.3) is 21.8 Å². The Bertz CT molecular complexity index is 2230. The molecular formula is C44H57N3O10S+2. The fourth-order valence-electron chi connectivity index (χ4n) is 7.50. The Morgan fingerprint density at radius 1 is 0.793 bits per heavy atom. The van der Waals surface area contributed by atoms with Gasteiger partial charge in [-0.25, -0.2) is 9.59 Å². The molecule has 0 atom stereocenters. The van der Waals surface area contributed by atoms with Crippen molar-refractivity contribution in [1.29, 1.82) is 0 Å². The van der Waals surface area contributed by atoms with E-state index in [9.17, 15) is 32.1 Å². The molecule has 13 nitrogen and oxygen atoms in total. The summed E-state index contributed by atoms with van der Waals surface area (Å²) >= 11 is 0. The van der Waals surface area contributed by atoms with Gasteiger partial charge in [0.15, 0.2) is 6.54 Å². The van der Waals surface area contributed by atoms with Crippen LogP contribution in [0, 0.1) is 13.8 Å². The molecule has 0 spiro atoms. The van der Waals surface area contributed by atoms with Gasteiger partial charge < -0.3 is 18.8 Å². The number of carbonyl (C=O) groups is 4. The van der Waals surface area contributed by atoms with Gasteiger partial charge in [-0.05, 0) is 81.0 Å². The number of hydroxylamine groups is 2. The smallest absolute Gasteiger partial charge is 0.363 e. The number of imide groups is 1. The van der Waals surface area contributed by atoms with E-state index in [0.717, 1.165) is 23.7 Å². The number of carbonyl (C=O) groups excluding carboxylic acids is 4. The molecule has 2 heterocycles. The van der Waals surface area contributed by atoms with Gasteiger partial charge >= 0.3 is 11.9 Å². The lowest BCUT2D eigenvalue weighted by molar-refractivity contribution is -0.890. The summed E-state index contributed by atoms with van der Waals surface area (Å²) in [5.41, 5.74) is 2.54. The molecule has 1 aliphatic rings. The molecule has 5 rings (SSSR count). The van der Waals surface area contributed by atoms with Crippen molar-refractivity contribution in [2.24, 2.45) is 0 Å². The van der Waals surface area contributed by atoms with Gasteiger partial charge in [-0.3, -0.25) is 14.1 Å². The van der Waals surface area contributed by atoms with Crippen molar-refractivity contribution in [2.45, 2.75) is 97.9 Å². The van der Waals surface area contributed by atoms with Crippen LogP contribution in [0.15, 0.2) is 54.6 Å². The Hall–Kier alpha value is -4.92. The van der Waals surface area contributed by atoms with Gasteiger partial charge in [0.25, 0.3) is 21.9 Å². The maximum absolute atomic E-state index is 14.4. The summed E-state index contributed by atoms with van der Waals surface area (Å²) in [5.74, 6) is -2.37. The lowest BCUT2D eigenvalue weighted by Gasteiger charge is -2.29. The van der Waals surface area contributed by atoms with Crippen molar-refractivity contribution in [3.63, 3.8) is 0 Å². The largest absolute Gasteiger partial charge is 0.494 e. The van der Waals surface area contributed by atoms with Gasteiger partial charge in [-0.1, -0.05) is 44.7 Å². The van der Waals surface area contributed by atoms with Crippen molar-refractivity contribution in [2.75, 3.05) is 39.5 Å². The van der Waals surface area contributed by atoms with Crippen LogP contribution >= 0.6 is 0 Å². The molecule has 1 aliphatic heterocycles. The van der Waals surface area contributed by atoms with Crippen molar-refractivity contribution >= 4 is 55.7 Å². The number of aryl methyl sites for hydroxylation is 3. The molecule has 1 fully saturated rings. The van der Waals surface area contributed by atoms with Crippen molar-refractivity contribution < 1.29 is 55.5 Å². The van der Waals surface area contributed by atoms with Gasteiger partial charge in [0.05, 0.1) is 61.4 Å². The number of nitrogens with zero attached hydrogens (tertiary/aromatic N) is 3. The molecule has 14 heteroatoms. The second-order valence-electron chi connectivity index (χ2n) is 15.9. The van der Waals surface area contributed by atoms with Crippen LogP contribution in [0.1, 0.15) is 109 Å². The summed E-state index contributed by atoms with van der Waals surface area (Å²) in [6.45, 7) is 8.74. The second kappa shape index (κ2) is 19.7. The van der Waals surface area contributed by atoms with Crippen molar-refractivity contribution in [3.8, 4) is 11.5 Å². The maximum atomic E-state index is 14.4. The number of unbranched alkanes of at least 4 members (excludes halogenated alkanes) is 6. The molecule has 0 radical (unpaired) electrons. The summed E-state index contributed by atoms with van der Waals surface area (Å²) in [6.07, 6.45) is 9.24. The number of esters is 1. The highest BCUT2D eigenvalue weighted by atomic mass is 32.2. The zero-order valence-electron chi connectivity index (χ0n) is 34.4. The van der Waals surface area contributed by atoms with E-state index in [0.29, 0.717) is 50.4 Å². The first-order valence-corrected chi connectivity index (χ1v) is 21.9. The van der Waals surface area contributed by atoms with Gasteiger partial charge in [0, 0.05) is 31.4 Å². The Morgan fingerprint density at radius 2 is 1.41 bits per heavy atom. The first kappa shape index (κ1) is 44.2. The standard InChI is InChI=1S/C44H56N3O10S/c1-6-7-24-47(4,5)25-14-10-8-9-11-15-26-55-34-19-20-38-36(30-34)41(35-17-12-13-18-37(35)45(38)23-16-27-58(52,53)54)44(51)56-42-31(2)28-33(29-32(42)3)43(50)57-46-39(48)21-22-40(46)49/h12-13,17-20,28-30H,6-11,14-16,21-27H2,1-5H3/q+1/p+1. The quantitative estimate of drug-likeness (QED) is 0.0133. The molecule has 4 aromatic rings. The molecule has 0 bridgehead atoms.